The predicted octanol–water partition coefficient (Wildman–Crippen LogP) is 5.95. The van der Waals surface area contributed by atoms with Gasteiger partial charge in [-0.1, -0.05) is 57.2 Å². The minimum Gasteiger partial charge on any atom is -0.449 e. The van der Waals surface area contributed by atoms with Crippen LogP contribution in [-0.2, 0) is 22.2 Å². The Kier molecular flexibility index (Phi) is 9.37. The minimum atomic E-state index is -1.90. The van der Waals surface area contributed by atoms with Crippen molar-refractivity contribution in [3.8, 4) is 11.5 Å². The second-order valence-corrected chi connectivity index (χ2v) is 16.2. The van der Waals surface area contributed by atoms with Crippen LogP contribution in [0.15, 0.2) is 77.9 Å². The highest BCUT2D eigenvalue weighted by molar-refractivity contribution is 6.74. The molecule has 0 fully saturated rings. The molecule has 1 amide bonds. The van der Waals surface area contributed by atoms with Crippen LogP contribution in [0.1, 0.15) is 32.4 Å². The first-order chi connectivity index (χ1) is 19.8. The van der Waals surface area contributed by atoms with Crippen molar-refractivity contribution in [2.45, 2.75) is 57.9 Å². The second kappa shape index (κ2) is 12.8. The number of nitrogens with one attached hydrogen (secondary N) is 1. The molecule has 0 spiro atoms. The molecule has 0 radical (unpaired) electrons. The molecular weight excluding hydrogens is 560 g/mol. The summed E-state index contributed by atoms with van der Waals surface area (Å²) in [6.45, 7) is 11.9. The molecule has 0 aliphatic heterocycles. The van der Waals surface area contributed by atoms with E-state index < -0.39 is 43.2 Å². The monoisotopic (exact) mass is 595 g/mol. The van der Waals surface area contributed by atoms with Crippen molar-refractivity contribution in [2.24, 2.45) is 0 Å². The summed E-state index contributed by atoms with van der Waals surface area (Å²) in [5.41, 5.74) is 0.113. The Labute approximate surface area is 244 Å². The molecule has 2 heterocycles. The lowest BCUT2D eigenvalue weighted by Crippen LogP contribution is -2.41. The second-order valence-electron chi connectivity index (χ2n) is 11.4. The number of nitrogens with zero attached hydrogens (tertiary/aromatic N) is 4. The topological polar surface area (TPSA) is 100 Å². The zero-order chi connectivity index (χ0) is 30.5. The Bertz CT molecular complexity index is 1560. The molecule has 9 nitrogen and oxygen atoms in total. The van der Waals surface area contributed by atoms with Gasteiger partial charge in [0, 0.05) is 24.8 Å². The lowest BCUT2D eigenvalue weighted by Gasteiger charge is -2.36. The van der Waals surface area contributed by atoms with Crippen LogP contribution in [0.25, 0.3) is 0 Å². The summed E-state index contributed by atoms with van der Waals surface area (Å²) in [4.78, 5) is 26.6. The number of anilines is 1. The summed E-state index contributed by atoms with van der Waals surface area (Å²) in [7, 11) is -1.90. The van der Waals surface area contributed by atoms with Gasteiger partial charge in [-0.3, -0.25) is 14.3 Å². The first kappa shape index (κ1) is 30.8. The van der Waals surface area contributed by atoms with Crippen LogP contribution in [0.3, 0.4) is 0 Å². The zero-order valence-electron chi connectivity index (χ0n) is 24.3. The molecule has 12 heteroatoms. The van der Waals surface area contributed by atoms with Gasteiger partial charge in [0.2, 0.25) is 0 Å². The third kappa shape index (κ3) is 7.56. The van der Waals surface area contributed by atoms with Gasteiger partial charge in [0.25, 0.3) is 11.5 Å². The summed E-state index contributed by atoms with van der Waals surface area (Å²) in [6.07, 6.45) is 3.04. The molecule has 222 valence electrons. The normalized spacial score (nSPS) is 12.6. The molecule has 1 atom stereocenters. The van der Waals surface area contributed by atoms with Gasteiger partial charge >= 0.3 is 0 Å². The molecule has 2 aromatic heterocycles. The van der Waals surface area contributed by atoms with E-state index >= 15 is 0 Å². The highest BCUT2D eigenvalue weighted by Crippen LogP contribution is 2.36. The number of aromatic nitrogens is 4. The van der Waals surface area contributed by atoms with E-state index in [4.69, 9.17) is 9.16 Å². The van der Waals surface area contributed by atoms with Gasteiger partial charge in [-0.05, 0) is 35.8 Å². The van der Waals surface area contributed by atoms with Crippen molar-refractivity contribution in [3.63, 3.8) is 0 Å². The smallest absolute Gasteiger partial charge is 0.271 e. The average Bonchev–Trinajstić information content (AvgIpc) is 3.36. The maximum Gasteiger partial charge on any atom is 0.271 e. The molecule has 4 rings (SSSR count). The van der Waals surface area contributed by atoms with Gasteiger partial charge in [0.05, 0.1) is 19.3 Å². The van der Waals surface area contributed by atoms with Crippen LogP contribution in [0.4, 0.5) is 14.6 Å². The van der Waals surface area contributed by atoms with Crippen molar-refractivity contribution < 1.29 is 22.7 Å². The quantitative estimate of drug-likeness (QED) is 0.215. The first-order valence-electron chi connectivity index (χ1n) is 13.6. The van der Waals surface area contributed by atoms with Gasteiger partial charge < -0.3 is 14.5 Å². The number of carbonyl (C=O) groups is 1. The fraction of sp³-hybridized carbons (Fsp3) is 0.333. The highest BCUT2D eigenvalue weighted by atomic mass is 28.4. The van der Waals surface area contributed by atoms with Crippen molar-refractivity contribution in [1.29, 1.82) is 0 Å². The fourth-order valence-corrected chi connectivity index (χ4v) is 4.92. The van der Waals surface area contributed by atoms with Crippen LogP contribution in [0.2, 0.25) is 18.1 Å². The zero-order valence-corrected chi connectivity index (χ0v) is 25.3. The number of para-hydroxylation sites is 1. The van der Waals surface area contributed by atoms with E-state index in [0.717, 1.165) is 34.6 Å². The molecule has 1 unspecified atom stereocenters. The average molecular weight is 596 g/mol. The van der Waals surface area contributed by atoms with E-state index in [9.17, 15) is 18.4 Å². The number of rotatable bonds is 11. The Hall–Kier alpha value is -4.16. The molecule has 0 aliphatic carbocycles. The van der Waals surface area contributed by atoms with Crippen LogP contribution < -0.4 is 15.6 Å². The molecular formula is C30H35F2N5O4Si. The number of carbonyl (C=O) groups excluding carboxylic acids is 1. The van der Waals surface area contributed by atoms with E-state index in [-0.39, 0.29) is 17.2 Å². The summed E-state index contributed by atoms with van der Waals surface area (Å²) in [5, 5.41) is 11.4. The number of hydrogen-bond donors (Lipinski definition) is 1. The molecule has 2 aromatic carbocycles. The van der Waals surface area contributed by atoms with Crippen LogP contribution in [0.5, 0.6) is 11.5 Å². The summed E-state index contributed by atoms with van der Waals surface area (Å²) in [6, 6.07) is 14.1. The lowest BCUT2D eigenvalue weighted by molar-refractivity contribution is -0.119. The molecule has 4 aromatic rings. The molecule has 0 bridgehead atoms. The SMILES string of the molecule is CC(C)(C)[Si](C)(C)OCCn1ccc(NC(=O)C(Cc2ccccc2)n2ncc(Oc3c(F)cccc3F)cc2=O)n1. The van der Waals surface area contributed by atoms with Gasteiger partial charge in [-0.2, -0.15) is 10.2 Å². The third-order valence-electron chi connectivity index (χ3n) is 7.29. The van der Waals surface area contributed by atoms with E-state index in [1.165, 1.54) is 6.07 Å². The van der Waals surface area contributed by atoms with Gasteiger partial charge in [0.15, 0.2) is 37.3 Å². The number of halogens is 2. The van der Waals surface area contributed by atoms with Crippen LogP contribution in [0, 0.1) is 11.6 Å². The van der Waals surface area contributed by atoms with Crippen molar-refractivity contribution in [3.05, 3.63) is 101 Å². The Morgan fingerprint density at radius 3 is 2.38 bits per heavy atom. The maximum atomic E-state index is 14.0. The predicted molar refractivity (Wildman–Crippen MR) is 158 cm³/mol. The summed E-state index contributed by atoms with van der Waals surface area (Å²) in [5.74, 6) is -2.87. The van der Waals surface area contributed by atoms with Crippen molar-refractivity contribution >= 4 is 20.0 Å². The standard InChI is InChI=1S/C30H35F2N5O4Si/c1-30(2,3)42(4,5)40-17-16-36-15-14-26(35-36)34-29(39)25(18-21-10-7-6-8-11-21)37-27(38)19-22(20-33-37)41-28-23(31)12-9-13-24(28)32/h6-15,19-20,25H,16-18H2,1-5H3,(H,34,35,39). The Balaban J connectivity index is 1.51. The fourth-order valence-electron chi connectivity index (χ4n) is 3.89. The third-order valence-corrected chi connectivity index (χ3v) is 11.8. The van der Waals surface area contributed by atoms with Crippen molar-refractivity contribution in [2.75, 3.05) is 11.9 Å². The first-order valence-corrected chi connectivity index (χ1v) is 16.5. The van der Waals surface area contributed by atoms with Crippen LogP contribution in [-0.4, -0.2) is 40.4 Å². The van der Waals surface area contributed by atoms with E-state index in [0.29, 0.717) is 19.0 Å². The highest BCUT2D eigenvalue weighted by Gasteiger charge is 2.37. The Morgan fingerprint density at radius 2 is 1.74 bits per heavy atom. The number of hydrogen-bond acceptors (Lipinski definition) is 6. The van der Waals surface area contributed by atoms with E-state index in [2.05, 4.69) is 49.4 Å². The van der Waals surface area contributed by atoms with E-state index in [1.54, 1.807) is 16.9 Å². The molecule has 0 aliphatic rings. The van der Waals surface area contributed by atoms with Gasteiger partial charge in [-0.15, -0.1) is 0 Å². The summed E-state index contributed by atoms with van der Waals surface area (Å²) < 4.78 is 42.2. The largest absolute Gasteiger partial charge is 0.449 e. The van der Waals surface area contributed by atoms with E-state index in [1.807, 2.05) is 30.3 Å². The molecule has 1 N–H and O–H groups in total. The van der Waals surface area contributed by atoms with Crippen LogP contribution >= 0.6 is 0 Å². The Morgan fingerprint density at radius 1 is 1.05 bits per heavy atom. The molecule has 0 saturated heterocycles. The maximum absolute atomic E-state index is 14.0. The molecule has 0 saturated carbocycles. The molecule has 42 heavy (non-hydrogen) atoms. The summed E-state index contributed by atoms with van der Waals surface area (Å²) >= 11 is 0. The van der Waals surface area contributed by atoms with Crippen molar-refractivity contribution in [1.82, 2.24) is 19.6 Å². The minimum absolute atomic E-state index is 0.0917. The number of amides is 1. The number of ether oxygens (including phenoxy) is 1. The lowest BCUT2D eigenvalue weighted by atomic mass is 10.1. The number of benzene rings is 2. The van der Waals surface area contributed by atoms with Gasteiger partial charge in [-0.25, -0.2) is 13.5 Å². The van der Waals surface area contributed by atoms with Gasteiger partial charge in [0.1, 0.15) is 6.04 Å².